The van der Waals surface area contributed by atoms with Crippen LogP contribution >= 0.6 is 0 Å². The number of fused-ring (bicyclic) bond motifs is 1. The van der Waals surface area contributed by atoms with Crippen molar-refractivity contribution in [3.63, 3.8) is 0 Å². The fourth-order valence-electron chi connectivity index (χ4n) is 1.59. The van der Waals surface area contributed by atoms with Gasteiger partial charge in [-0.3, -0.25) is 4.79 Å². The minimum Gasteiger partial charge on any atom is -0.366 e. The van der Waals surface area contributed by atoms with Crippen LogP contribution in [0.2, 0.25) is 0 Å². The van der Waals surface area contributed by atoms with E-state index in [2.05, 4.69) is 15.6 Å². The molecule has 0 unspecified atom stereocenters. The van der Waals surface area contributed by atoms with Gasteiger partial charge in [0.05, 0.1) is 11.5 Å². The number of allylic oxidation sites excluding steroid dienone is 5. The van der Waals surface area contributed by atoms with Crippen LogP contribution in [0.5, 0.6) is 5.75 Å². The number of rotatable bonds is 1. The lowest BCUT2D eigenvalue weighted by atomic mass is 10.1. The van der Waals surface area contributed by atoms with Gasteiger partial charge < -0.3 is 10.6 Å². The second-order valence-electron chi connectivity index (χ2n) is 4.15. The van der Waals surface area contributed by atoms with Crippen molar-refractivity contribution in [1.29, 1.82) is 0 Å². The van der Waals surface area contributed by atoms with Crippen LogP contribution in [0.3, 0.4) is 0 Å². The Morgan fingerprint density at radius 3 is 2.73 bits per heavy atom. The molecule has 22 heavy (non-hydrogen) atoms. The Morgan fingerprint density at radius 2 is 1.86 bits per heavy atom. The molecule has 1 aromatic carbocycles. The lowest BCUT2D eigenvalue weighted by Gasteiger charge is -2.01. The van der Waals surface area contributed by atoms with E-state index in [0.717, 1.165) is 5.56 Å². The maximum atomic E-state index is 11.4. The van der Waals surface area contributed by atoms with Crippen LogP contribution in [-0.2, 0) is 4.79 Å². The maximum absolute atomic E-state index is 11.4. The number of para-hydroxylation sites is 1. The van der Waals surface area contributed by atoms with Crippen LogP contribution in [-0.4, -0.2) is 12.1 Å². The van der Waals surface area contributed by atoms with E-state index in [4.69, 9.17) is 10.6 Å². The number of nitrogens with two attached hydrogens (primary N) is 1. The molecule has 1 heterocycles. The van der Waals surface area contributed by atoms with Gasteiger partial charge in [0.1, 0.15) is 0 Å². The Bertz CT molecular complexity index is 713. The van der Waals surface area contributed by atoms with Crippen molar-refractivity contribution in [2.24, 2.45) is 21.3 Å². The molecule has 6 heteroatoms. The highest BCUT2D eigenvalue weighted by atomic mass is 16.6. The van der Waals surface area contributed by atoms with E-state index in [1.165, 1.54) is 6.21 Å². The topological polar surface area (TPSA) is 89.4 Å². The van der Waals surface area contributed by atoms with E-state index in [1.54, 1.807) is 54.7 Å². The number of carbonyl (C=O) groups is 1. The van der Waals surface area contributed by atoms with E-state index in [1.807, 2.05) is 12.1 Å². The lowest BCUT2D eigenvalue weighted by Crippen LogP contribution is -2.12. The average molecular weight is 294 g/mol. The molecule has 0 saturated carbocycles. The number of hydrogen-bond acceptors (Lipinski definition) is 5. The normalized spacial score (nSPS) is 24.1. The lowest BCUT2D eigenvalue weighted by molar-refractivity contribution is -0.114. The molecule has 0 fully saturated rings. The van der Waals surface area contributed by atoms with Gasteiger partial charge in [-0.05, 0) is 29.5 Å². The Hall–Kier alpha value is -3.28. The van der Waals surface area contributed by atoms with Crippen LogP contribution in [0.4, 0.5) is 0 Å². The summed E-state index contributed by atoms with van der Waals surface area (Å²) in [7, 11) is 0. The molecule has 0 aromatic heterocycles. The highest BCUT2D eigenvalue weighted by Crippen LogP contribution is 2.20. The molecule has 1 aliphatic rings. The van der Waals surface area contributed by atoms with Gasteiger partial charge in [-0.2, -0.15) is 0 Å². The summed E-state index contributed by atoms with van der Waals surface area (Å²) < 4.78 is 0. The van der Waals surface area contributed by atoms with Gasteiger partial charge in [-0.1, -0.05) is 42.5 Å². The van der Waals surface area contributed by atoms with Crippen molar-refractivity contribution in [3.8, 4) is 5.75 Å². The molecule has 110 valence electrons. The van der Waals surface area contributed by atoms with Gasteiger partial charge in [0.25, 0.3) is 0 Å². The molecular weight excluding hydrogens is 280 g/mol. The zero-order valence-electron chi connectivity index (χ0n) is 11.7. The Kier molecular flexibility index (Phi) is 5.57. The Morgan fingerprint density at radius 1 is 1.05 bits per heavy atom. The molecule has 0 radical (unpaired) electrons. The third kappa shape index (κ3) is 4.68. The van der Waals surface area contributed by atoms with Gasteiger partial charge >= 0.3 is 0 Å². The SMILES string of the molecule is NC(=O)C1=C/C=C\C=C/C=N\N=N/Oc2ccccc2/C=C\1. The molecule has 1 aromatic rings. The summed E-state index contributed by atoms with van der Waals surface area (Å²) >= 11 is 0. The fraction of sp³-hybridized carbons (Fsp3) is 0. The molecule has 2 rings (SSSR count). The van der Waals surface area contributed by atoms with Crippen molar-refractivity contribution >= 4 is 18.2 Å². The summed E-state index contributed by atoms with van der Waals surface area (Å²) in [6, 6.07) is 7.19. The molecule has 2 N–H and O–H groups in total. The first kappa shape index (κ1) is 15.1. The third-order valence-electron chi connectivity index (χ3n) is 2.64. The highest BCUT2D eigenvalue weighted by Gasteiger charge is 2.02. The summed E-state index contributed by atoms with van der Waals surface area (Å²) in [5, 5.41) is 10.7. The van der Waals surface area contributed by atoms with Crippen molar-refractivity contribution in [2.45, 2.75) is 0 Å². The zero-order valence-corrected chi connectivity index (χ0v) is 11.7. The quantitative estimate of drug-likeness (QED) is 0.862. The van der Waals surface area contributed by atoms with E-state index in [0.29, 0.717) is 11.3 Å². The largest absolute Gasteiger partial charge is 0.366 e. The third-order valence-corrected chi connectivity index (χ3v) is 2.64. The molecule has 0 aliphatic carbocycles. The fourth-order valence-corrected chi connectivity index (χ4v) is 1.59. The molecule has 0 spiro atoms. The molecular formula is C16H14N4O2. The molecule has 6 nitrogen and oxygen atoms in total. The summed E-state index contributed by atoms with van der Waals surface area (Å²) in [6.45, 7) is 0. The first-order chi connectivity index (χ1) is 10.8. The van der Waals surface area contributed by atoms with E-state index < -0.39 is 5.91 Å². The molecule has 0 atom stereocenters. The monoisotopic (exact) mass is 294 g/mol. The van der Waals surface area contributed by atoms with E-state index >= 15 is 0 Å². The average Bonchev–Trinajstić information content (AvgIpc) is 2.52. The predicted octanol–water partition coefficient (Wildman–Crippen LogP) is 2.97. The van der Waals surface area contributed by atoms with Crippen molar-refractivity contribution < 1.29 is 9.63 Å². The number of primary amides is 1. The molecule has 1 aliphatic heterocycles. The zero-order chi connectivity index (χ0) is 15.6. The van der Waals surface area contributed by atoms with Crippen LogP contribution < -0.4 is 10.6 Å². The van der Waals surface area contributed by atoms with Gasteiger partial charge in [-0.15, -0.1) is 5.10 Å². The Labute approximate surface area is 127 Å². The van der Waals surface area contributed by atoms with Crippen molar-refractivity contribution in [3.05, 3.63) is 71.9 Å². The number of carbonyl (C=O) groups excluding carboxylic acids is 1. The van der Waals surface area contributed by atoms with Crippen LogP contribution in [0.1, 0.15) is 5.56 Å². The van der Waals surface area contributed by atoms with E-state index in [-0.39, 0.29) is 0 Å². The maximum Gasteiger partial charge on any atom is 0.248 e. The Balaban J connectivity index is 2.40. The second kappa shape index (κ2) is 8.11. The second-order valence-corrected chi connectivity index (χ2v) is 4.15. The summed E-state index contributed by atoms with van der Waals surface area (Å²) in [6.07, 6.45) is 13.3. The summed E-state index contributed by atoms with van der Waals surface area (Å²) in [4.78, 5) is 16.6. The van der Waals surface area contributed by atoms with Crippen LogP contribution in [0.15, 0.2) is 81.9 Å². The summed E-state index contributed by atoms with van der Waals surface area (Å²) in [5.41, 5.74) is 6.45. The predicted molar refractivity (Wildman–Crippen MR) is 85.0 cm³/mol. The van der Waals surface area contributed by atoms with Gasteiger partial charge in [-0.25, -0.2) is 0 Å². The van der Waals surface area contributed by atoms with Crippen LogP contribution in [0.25, 0.3) is 6.08 Å². The minimum absolute atomic E-state index is 0.365. The highest BCUT2D eigenvalue weighted by molar-refractivity contribution is 5.96. The van der Waals surface area contributed by atoms with Gasteiger partial charge in [0.15, 0.2) is 5.75 Å². The first-order valence-electron chi connectivity index (χ1n) is 6.48. The van der Waals surface area contributed by atoms with E-state index in [9.17, 15) is 4.79 Å². The number of nitrogens with zero attached hydrogens (tertiary/aromatic N) is 3. The molecule has 1 amide bonds. The number of amides is 1. The van der Waals surface area contributed by atoms with Crippen molar-refractivity contribution in [1.82, 2.24) is 0 Å². The number of benzene rings is 1. The first-order valence-corrected chi connectivity index (χ1v) is 6.48. The standard InChI is InChI=1S/C16H14N4O2/c17-16(21)14-8-3-1-2-6-12-18-19-20-22-15-9-5-4-7-13(15)10-11-14/h1-12H,(H2,17,21)/b3-1-,6-2-,11-10-,14-8+,18-12-,20-19-. The van der Waals surface area contributed by atoms with Crippen molar-refractivity contribution in [2.75, 3.05) is 0 Å². The summed E-state index contributed by atoms with van der Waals surface area (Å²) in [5.74, 6) is -0.0312. The van der Waals surface area contributed by atoms with Crippen LogP contribution in [0, 0.1) is 0 Å². The van der Waals surface area contributed by atoms with Gasteiger partial charge in [0.2, 0.25) is 5.91 Å². The molecule has 0 saturated heterocycles. The van der Waals surface area contributed by atoms with Gasteiger partial charge in [0, 0.05) is 11.1 Å². The molecule has 0 bridgehead atoms. The number of hydrogen-bond donors (Lipinski definition) is 1. The minimum atomic E-state index is -0.520. The smallest absolute Gasteiger partial charge is 0.248 e.